The minimum absolute atomic E-state index is 0.339. The normalized spacial score (nSPS) is 23.4. The molecule has 21 heavy (non-hydrogen) atoms. The molecule has 0 radical (unpaired) electrons. The van der Waals surface area contributed by atoms with Gasteiger partial charge in [0.15, 0.2) is 0 Å². The first-order valence-electron chi connectivity index (χ1n) is 7.78. The molecular formula is C17H27NO2S. The van der Waals surface area contributed by atoms with Crippen LogP contribution in [0, 0.1) is 6.92 Å². The Morgan fingerprint density at radius 3 is 2.48 bits per heavy atom. The van der Waals surface area contributed by atoms with Crippen LogP contribution >= 0.6 is 11.8 Å². The summed E-state index contributed by atoms with van der Waals surface area (Å²) in [5, 5.41) is 0. The fourth-order valence-corrected chi connectivity index (χ4v) is 3.38. The highest BCUT2D eigenvalue weighted by Crippen LogP contribution is 2.17. The van der Waals surface area contributed by atoms with Crippen molar-refractivity contribution in [3.05, 3.63) is 29.8 Å². The first-order valence-corrected chi connectivity index (χ1v) is 8.77. The topological polar surface area (TPSA) is 21.7 Å². The Labute approximate surface area is 133 Å². The number of morpholine rings is 1. The highest BCUT2D eigenvalue weighted by atomic mass is 32.2. The van der Waals surface area contributed by atoms with E-state index in [1.807, 2.05) is 11.8 Å². The molecule has 1 saturated heterocycles. The van der Waals surface area contributed by atoms with Gasteiger partial charge in [0.05, 0.1) is 25.4 Å². The quantitative estimate of drug-likeness (QED) is 0.569. The minimum atomic E-state index is 0.339. The summed E-state index contributed by atoms with van der Waals surface area (Å²) in [6.45, 7) is 11.1. The standard InChI is InChI=1S/C17H27NO2S/c1-14-4-6-17(7-5-14)21-11-10-19-9-8-18-12-15(2)20-16(3)13-18/h4-7,15-16H,8-13H2,1-3H3/t15-,16+. The van der Waals surface area contributed by atoms with E-state index in [1.165, 1.54) is 10.5 Å². The molecule has 1 aromatic carbocycles. The minimum Gasteiger partial charge on any atom is -0.379 e. The Morgan fingerprint density at radius 2 is 1.81 bits per heavy atom. The fourth-order valence-electron chi connectivity index (χ4n) is 2.62. The number of rotatable bonds is 7. The van der Waals surface area contributed by atoms with Gasteiger partial charge in [-0.3, -0.25) is 4.90 Å². The van der Waals surface area contributed by atoms with Gasteiger partial charge in [-0.2, -0.15) is 0 Å². The molecule has 4 heteroatoms. The zero-order valence-electron chi connectivity index (χ0n) is 13.4. The second kappa shape index (κ2) is 8.79. The summed E-state index contributed by atoms with van der Waals surface area (Å²) in [5.74, 6) is 1.01. The maximum absolute atomic E-state index is 5.75. The Hall–Kier alpha value is -0.550. The molecular weight excluding hydrogens is 282 g/mol. The predicted molar refractivity (Wildman–Crippen MR) is 89.2 cm³/mol. The summed E-state index contributed by atoms with van der Waals surface area (Å²) in [5.41, 5.74) is 1.31. The second-order valence-corrected chi connectivity index (χ2v) is 6.96. The number of ether oxygens (including phenoxy) is 2. The van der Waals surface area contributed by atoms with Crippen molar-refractivity contribution in [2.45, 2.75) is 37.9 Å². The van der Waals surface area contributed by atoms with Crippen molar-refractivity contribution in [1.82, 2.24) is 4.90 Å². The number of nitrogens with zero attached hydrogens (tertiary/aromatic N) is 1. The zero-order chi connectivity index (χ0) is 15.1. The molecule has 0 saturated carbocycles. The van der Waals surface area contributed by atoms with E-state index in [2.05, 4.69) is 49.9 Å². The first-order chi connectivity index (χ1) is 10.1. The average Bonchev–Trinajstić information content (AvgIpc) is 2.43. The van der Waals surface area contributed by atoms with Crippen LogP contribution in [0.1, 0.15) is 19.4 Å². The van der Waals surface area contributed by atoms with E-state index >= 15 is 0 Å². The van der Waals surface area contributed by atoms with Crippen molar-refractivity contribution >= 4 is 11.8 Å². The van der Waals surface area contributed by atoms with Crippen LogP contribution in [-0.4, -0.2) is 55.7 Å². The molecule has 1 aliphatic heterocycles. The first kappa shape index (κ1) is 16.8. The summed E-state index contributed by atoms with van der Waals surface area (Å²) in [6, 6.07) is 8.67. The number of hydrogen-bond acceptors (Lipinski definition) is 4. The van der Waals surface area contributed by atoms with Crippen molar-refractivity contribution in [2.24, 2.45) is 0 Å². The molecule has 1 heterocycles. The van der Waals surface area contributed by atoms with Gasteiger partial charge < -0.3 is 9.47 Å². The molecule has 0 unspecified atom stereocenters. The molecule has 2 rings (SSSR count). The second-order valence-electron chi connectivity index (χ2n) is 5.79. The lowest BCUT2D eigenvalue weighted by Crippen LogP contribution is -2.46. The monoisotopic (exact) mass is 309 g/mol. The van der Waals surface area contributed by atoms with Gasteiger partial charge in [-0.25, -0.2) is 0 Å². The van der Waals surface area contributed by atoms with Crippen LogP contribution in [0.5, 0.6) is 0 Å². The number of benzene rings is 1. The van der Waals surface area contributed by atoms with Crippen LogP contribution in [0.25, 0.3) is 0 Å². The van der Waals surface area contributed by atoms with Crippen molar-refractivity contribution in [1.29, 1.82) is 0 Å². The molecule has 0 aliphatic carbocycles. The summed E-state index contributed by atoms with van der Waals surface area (Å²) >= 11 is 1.86. The van der Waals surface area contributed by atoms with E-state index in [1.54, 1.807) is 0 Å². The highest BCUT2D eigenvalue weighted by Gasteiger charge is 2.21. The van der Waals surface area contributed by atoms with Gasteiger partial charge in [-0.05, 0) is 32.9 Å². The van der Waals surface area contributed by atoms with E-state index in [0.29, 0.717) is 12.2 Å². The van der Waals surface area contributed by atoms with E-state index in [-0.39, 0.29) is 0 Å². The maximum Gasteiger partial charge on any atom is 0.0678 e. The maximum atomic E-state index is 5.75. The third kappa shape index (κ3) is 6.39. The van der Waals surface area contributed by atoms with Crippen molar-refractivity contribution < 1.29 is 9.47 Å². The van der Waals surface area contributed by atoms with E-state index < -0.39 is 0 Å². The van der Waals surface area contributed by atoms with Gasteiger partial charge in [-0.1, -0.05) is 17.7 Å². The molecule has 0 aromatic heterocycles. The Kier molecular flexibility index (Phi) is 7.04. The van der Waals surface area contributed by atoms with Gasteiger partial charge in [0.25, 0.3) is 0 Å². The van der Waals surface area contributed by atoms with Crippen LogP contribution < -0.4 is 0 Å². The van der Waals surface area contributed by atoms with Gasteiger partial charge >= 0.3 is 0 Å². The molecule has 118 valence electrons. The molecule has 0 amide bonds. The zero-order valence-corrected chi connectivity index (χ0v) is 14.2. The molecule has 1 fully saturated rings. The molecule has 1 aliphatic rings. The van der Waals surface area contributed by atoms with E-state index in [9.17, 15) is 0 Å². The third-order valence-corrected chi connectivity index (χ3v) is 4.54. The van der Waals surface area contributed by atoms with Gasteiger partial charge in [0, 0.05) is 30.3 Å². The van der Waals surface area contributed by atoms with Crippen molar-refractivity contribution in [3.8, 4) is 0 Å². The summed E-state index contributed by atoms with van der Waals surface area (Å²) in [4.78, 5) is 3.76. The van der Waals surface area contributed by atoms with Gasteiger partial charge in [0.1, 0.15) is 0 Å². The van der Waals surface area contributed by atoms with Crippen molar-refractivity contribution in [3.63, 3.8) is 0 Å². The van der Waals surface area contributed by atoms with Gasteiger partial charge in [0.2, 0.25) is 0 Å². The molecule has 0 bridgehead atoms. The Bertz CT molecular complexity index is 400. The van der Waals surface area contributed by atoms with E-state index in [0.717, 1.165) is 38.6 Å². The molecule has 0 spiro atoms. The number of aryl methyl sites for hydroxylation is 1. The Morgan fingerprint density at radius 1 is 1.14 bits per heavy atom. The van der Waals surface area contributed by atoms with Crippen LogP contribution in [0.2, 0.25) is 0 Å². The molecule has 0 N–H and O–H groups in total. The summed E-state index contributed by atoms with van der Waals surface area (Å²) in [6.07, 6.45) is 0.677. The predicted octanol–water partition coefficient (Wildman–Crippen LogP) is 3.21. The van der Waals surface area contributed by atoms with Gasteiger partial charge in [-0.15, -0.1) is 11.8 Å². The largest absolute Gasteiger partial charge is 0.379 e. The lowest BCUT2D eigenvalue weighted by Gasteiger charge is -2.35. The summed E-state index contributed by atoms with van der Waals surface area (Å²) < 4.78 is 11.5. The van der Waals surface area contributed by atoms with E-state index in [4.69, 9.17) is 9.47 Å². The number of hydrogen-bond donors (Lipinski definition) is 0. The third-order valence-electron chi connectivity index (χ3n) is 3.56. The fraction of sp³-hybridized carbons (Fsp3) is 0.647. The lowest BCUT2D eigenvalue weighted by molar-refractivity contribution is -0.0726. The average molecular weight is 309 g/mol. The van der Waals surface area contributed by atoms with Crippen LogP contribution in [-0.2, 0) is 9.47 Å². The van der Waals surface area contributed by atoms with Crippen LogP contribution in [0.3, 0.4) is 0 Å². The Balaban J connectivity index is 1.53. The van der Waals surface area contributed by atoms with Crippen LogP contribution in [0.15, 0.2) is 29.2 Å². The molecule has 3 nitrogen and oxygen atoms in total. The van der Waals surface area contributed by atoms with Crippen molar-refractivity contribution in [2.75, 3.05) is 38.6 Å². The number of thioether (sulfide) groups is 1. The summed E-state index contributed by atoms with van der Waals surface area (Å²) in [7, 11) is 0. The smallest absolute Gasteiger partial charge is 0.0678 e. The molecule has 1 aromatic rings. The van der Waals surface area contributed by atoms with Crippen LogP contribution in [0.4, 0.5) is 0 Å². The SMILES string of the molecule is Cc1ccc(SCCOCCN2C[C@@H](C)O[C@@H](C)C2)cc1. The molecule has 2 atom stereocenters. The highest BCUT2D eigenvalue weighted by molar-refractivity contribution is 7.99. The lowest BCUT2D eigenvalue weighted by atomic mass is 10.2.